The first-order valence-corrected chi connectivity index (χ1v) is 7.07. The summed E-state index contributed by atoms with van der Waals surface area (Å²) in [4.78, 5) is 16.8. The molecule has 0 spiro atoms. The average Bonchev–Trinajstić information content (AvgIpc) is 2.18. The summed E-state index contributed by atoms with van der Waals surface area (Å²) in [5, 5.41) is 0.0400. The number of nitrogens with zero attached hydrogens (tertiary/aromatic N) is 1. The van der Waals surface area contributed by atoms with Gasteiger partial charge in [0.1, 0.15) is 10.3 Å². The van der Waals surface area contributed by atoms with Crippen molar-refractivity contribution in [2.75, 3.05) is 12.0 Å². The second kappa shape index (κ2) is 5.78. The van der Waals surface area contributed by atoms with E-state index in [1.165, 1.54) is 11.8 Å². The zero-order valence-electron chi connectivity index (χ0n) is 7.91. The number of carbonyl (C=O) groups excluding carboxylic acids is 1. The number of aromatic nitrogens is 1. The molecule has 1 aromatic heterocycles. The third-order valence-electron chi connectivity index (χ3n) is 1.51. The number of halogens is 1. The Balaban J connectivity index is 3.03. The molecule has 0 amide bonds. The topological polar surface area (TPSA) is 30.0 Å². The Morgan fingerprint density at radius 1 is 1.57 bits per heavy atom. The van der Waals surface area contributed by atoms with Crippen molar-refractivity contribution in [2.24, 2.45) is 0 Å². The SMILES string of the molecule is CCSC(=O)c1nc(Br)ccc1SC. The molecule has 0 aliphatic rings. The van der Waals surface area contributed by atoms with Gasteiger partial charge in [-0.1, -0.05) is 18.7 Å². The van der Waals surface area contributed by atoms with Crippen LogP contribution in [-0.4, -0.2) is 22.1 Å². The van der Waals surface area contributed by atoms with Crippen LogP contribution >= 0.6 is 39.5 Å². The van der Waals surface area contributed by atoms with Gasteiger partial charge in [0.05, 0.1) is 0 Å². The lowest BCUT2D eigenvalue weighted by atomic mass is 10.4. The molecule has 1 rings (SSSR count). The minimum absolute atomic E-state index is 0.0400. The van der Waals surface area contributed by atoms with E-state index in [1.807, 2.05) is 25.3 Å². The molecule has 2 nitrogen and oxygen atoms in total. The first-order chi connectivity index (χ1) is 6.69. The number of thioether (sulfide) groups is 2. The predicted octanol–water partition coefficient (Wildman–Crippen LogP) is 3.46. The lowest BCUT2D eigenvalue weighted by Gasteiger charge is -2.04. The maximum atomic E-state index is 11.6. The summed E-state index contributed by atoms with van der Waals surface area (Å²) in [7, 11) is 0. The molecule has 0 aliphatic heterocycles. The molecule has 1 heterocycles. The van der Waals surface area contributed by atoms with Gasteiger partial charge in [-0.15, -0.1) is 11.8 Å². The van der Waals surface area contributed by atoms with Crippen molar-refractivity contribution in [3.05, 3.63) is 22.4 Å². The van der Waals surface area contributed by atoms with Crippen molar-refractivity contribution in [2.45, 2.75) is 11.8 Å². The van der Waals surface area contributed by atoms with E-state index in [1.54, 1.807) is 11.8 Å². The van der Waals surface area contributed by atoms with Gasteiger partial charge >= 0.3 is 0 Å². The lowest BCUT2D eigenvalue weighted by molar-refractivity contribution is 0.108. The van der Waals surface area contributed by atoms with Crippen molar-refractivity contribution in [1.29, 1.82) is 0 Å². The van der Waals surface area contributed by atoms with Crippen LogP contribution in [0.2, 0.25) is 0 Å². The monoisotopic (exact) mass is 291 g/mol. The molecular weight excluding hydrogens is 282 g/mol. The highest BCUT2D eigenvalue weighted by atomic mass is 79.9. The van der Waals surface area contributed by atoms with Gasteiger partial charge in [-0.2, -0.15) is 0 Å². The molecule has 0 N–H and O–H groups in total. The van der Waals surface area contributed by atoms with Crippen molar-refractivity contribution >= 4 is 44.6 Å². The van der Waals surface area contributed by atoms with Gasteiger partial charge in [0.15, 0.2) is 0 Å². The van der Waals surface area contributed by atoms with Crippen LogP contribution in [0, 0.1) is 0 Å². The average molecular weight is 292 g/mol. The molecule has 0 fully saturated rings. The van der Waals surface area contributed by atoms with Crippen LogP contribution in [-0.2, 0) is 0 Å². The summed E-state index contributed by atoms with van der Waals surface area (Å²) in [6.07, 6.45) is 1.94. The fourth-order valence-electron chi connectivity index (χ4n) is 0.933. The van der Waals surface area contributed by atoms with E-state index in [4.69, 9.17) is 0 Å². The minimum atomic E-state index is 0.0400. The van der Waals surface area contributed by atoms with E-state index < -0.39 is 0 Å². The quantitative estimate of drug-likeness (QED) is 0.630. The molecule has 0 saturated carbocycles. The Morgan fingerprint density at radius 2 is 2.29 bits per heavy atom. The van der Waals surface area contributed by atoms with E-state index >= 15 is 0 Å². The molecule has 0 aromatic carbocycles. The maximum absolute atomic E-state index is 11.6. The highest BCUT2D eigenvalue weighted by molar-refractivity contribution is 9.10. The van der Waals surface area contributed by atoms with Crippen molar-refractivity contribution < 1.29 is 4.79 Å². The molecule has 0 bridgehead atoms. The molecular formula is C9H10BrNOS2. The van der Waals surface area contributed by atoms with Crippen LogP contribution < -0.4 is 0 Å². The molecule has 1 aromatic rings. The van der Waals surface area contributed by atoms with Gasteiger partial charge in [0.25, 0.3) is 0 Å². The smallest absolute Gasteiger partial charge is 0.238 e. The van der Waals surface area contributed by atoms with Gasteiger partial charge < -0.3 is 0 Å². The summed E-state index contributed by atoms with van der Waals surface area (Å²) in [6, 6.07) is 3.75. The Hall–Kier alpha value is -0.000000000000000111. The fourth-order valence-corrected chi connectivity index (χ4v) is 2.40. The number of hydrogen-bond acceptors (Lipinski definition) is 4. The molecule has 0 saturated heterocycles. The highest BCUT2D eigenvalue weighted by Crippen LogP contribution is 2.24. The second-order valence-electron chi connectivity index (χ2n) is 2.41. The number of pyridine rings is 1. The minimum Gasteiger partial charge on any atom is -0.280 e. The number of rotatable bonds is 3. The van der Waals surface area contributed by atoms with Gasteiger partial charge in [-0.3, -0.25) is 4.79 Å². The van der Waals surface area contributed by atoms with E-state index in [-0.39, 0.29) is 5.12 Å². The fraction of sp³-hybridized carbons (Fsp3) is 0.333. The Bertz CT molecular complexity index is 344. The van der Waals surface area contributed by atoms with E-state index in [0.717, 1.165) is 10.6 Å². The number of carbonyl (C=O) groups is 1. The molecule has 0 unspecified atom stereocenters. The summed E-state index contributed by atoms with van der Waals surface area (Å²) < 4.78 is 0.704. The normalized spacial score (nSPS) is 10.2. The first-order valence-electron chi connectivity index (χ1n) is 4.06. The van der Waals surface area contributed by atoms with Crippen LogP contribution in [0.25, 0.3) is 0 Å². The summed E-state index contributed by atoms with van der Waals surface area (Å²) >= 11 is 6.09. The zero-order chi connectivity index (χ0) is 10.6. The third kappa shape index (κ3) is 3.00. The van der Waals surface area contributed by atoms with Crippen LogP contribution in [0.3, 0.4) is 0 Å². The molecule has 76 valence electrons. The standard InChI is InChI=1S/C9H10BrNOS2/c1-3-14-9(12)8-6(13-2)4-5-7(10)11-8/h4-5H,3H2,1-2H3. The molecule has 0 radical (unpaired) electrons. The molecule has 0 atom stereocenters. The van der Waals surface area contributed by atoms with Crippen molar-refractivity contribution in [3.63, 3.8) is 0 Å². The van der Waals surface area contributed by atoms with Gasteiger partial charge in [0.2, 0.25) is 5.12 Å². The van der Waals surface area contributed by atoms with E-state index in [0.29, 0.717) is 10.3 Å². The van der Waals surface area contributed by atoms with Crippen molar-refractivity contribution in [1.82, 2.24) is 4.98 Å². The van der Waals surface area contributed by atoms with Crippen LogP contribution in [0.5, 0.6) is 0 Å². The first kappa shape index (κ1) is 12.1. The van der Waals surface area contributed by atoms with Crippen LogP contribution in [0.15, 0.2) is 21.6 Å². The van der Waals surface area contributed by atoms with Crippen molar-refractivity contribution in [3.8, 4) is 0 Å². The predicted molar refractivity (Wildman–Crippen MR) is 66.2 cm³/mol. The highest BCUT2D eigenvalue weighted by Gasteiger charge is 2.12. The van der Waals surface area contributed by atoms with Crippen LogP contribution in [0.1, 0.15) is 17.4 Å². The Labute approximate surface area is 100 Å². The zero-order valence-corrected chi connectivity index (χ0v) is 11.1. The van der Waals surface area contributed by atoms with E-state index in [9.17, 15) is 4.79 Å². The summed E-state index contributed by atoms with van der Waals surface area (Å²) in [6.45, 7) is 1.96. The molecule has 14 heavy (non-hydrogen) atoms. The maximum Gasteiger partial charge on any atom is 0.238 e. The van der Waals surface area contributed by atoms with Crippen LogP contribution in [0.4, 0.5) is 0 Å². The Kier molecular flexibility index (Phi) is 4.98. The van der Waals surface area contributed by atoms with E-state index in [2.05, 4.69) is 20.9 Å². The molecule has 0 aliphatic carbocycles. The van der Waals surface area contributed by atoms with Gasteiger partial charge in [-0.05, 0) is 40.1 Å². The molecule has 5 heteroatoms. The van der Waals surface area contributed by atoms with Gasteiger partial charge in [-0.25, -0.2) is 4.98 Å². The Morgan fingerprint density at radius 3 is 2.86 bits per heavy atom. The largest absolute Gasteiger partial charge is 0.280 e. The summed E-state index contributed by atoms with van der Waals surface area (Å²) in [5.41, 5.74) is 0.554. The summed E-state index contributed by atoms with van der Waals surface area (Å²) in [5.74, 6) is 0.779. The second-order valence-corrected chi connectivity index (χ2v) is 5.30. The third-order valence-corrected chi connectivity index (χ3v) is 3.47. The lowest BCUT2D eigenvalue weighted by Crippen LogP contribution is -2.00. The number of hydrogen-bond donors (Lipinski definition) is 0. The van der Waals surface area contributed by atoms with Gasteiger partial charge in [0, 0.05) is 4.90 Å².